The van der Waals surface area contributed by atoms with Gasteiger partial charge in [-0.05, 0) is 35.4 Å². The summed E-state index contributed by atoms with van der Waals surface area (Å²) in [5, 5.41) is 14.0. The van der Waals surface area contributed by atoms with Crippen LogP contribution in [0, 0.1) is 6.92 Å². The molecule has 22 heavy (non-hydrogen) atoms. The Morgan fingerprint density at radius 1 is 0.909 bits per heavy atom. The molecular formula is C16H16N4O2. The number of aromatic nitrogens is 4. The molecule has 0 saturated heterocycles. The van der Waals surface area contributed by atoms with E-state index in [2.05, 4.69) is 20.6 Å². The van der Waals surface area contributed by atoms with Crippen LogP contribution in [0.1, 0.15) is 5.56 Å². The molecule has 0 atom stereocenters. The number of hydrogen-bond acceptors (Lipinski definition) is 5. The number of aryl methyl sites for hydroxylation is 1. The number of H-pyrrole nitrogens is 1. The summed E-state index contributed by atoms with van der Waals surface area (Å²) in [6, 6.07) is 11.8. The van der Waals surface area contributed by atoms with Gasteiger partial charge in [0.05, 0.1) is 19.8 Å². The first-order valence-corrected chi connectivity index (χ1v) is 6.80. The van der Waals surface area contributed by atoms with Gasteiger partial charge in [0, 0.05) is 5.56 Å². The Bertz CT molecular complexity index is 742. The number of aromatic amines is 1. The molecule has 3 rings (SSSR count). The van der Waals surface area contributed by atoms with Gasteiger partial charge < -0.3 is 9.47 Å². The van der Waals surface area contributed by atoms with Crippen molar-refractivity contribution in [2.24, 2.45) is 0 Å². The van der Waals surface area contributed by atoms with Gasteiger partial charge in [-0.3, -0.25) is 0 Å². The smallest absolute Gasteiger partial charge is 0.204 e. The highest BCUT2D eigenvalue weighted by atomic mass is 16.5. The maximum Gasteiger partial charge on any atom is 0.204 e. The van der Waals surface area contributed by atoms with E-state index in [9.17, 15) is 0 Å². The van der Waals surface area contributed by atoms with E-state index in [0.29, 0.717) is 5.82 Å². The van der Waals surface area contributed by atoms with Gasteiger partial charge in [-0.2, -0.15) is 5.21 Å². The van der Waals surface area contributed by atoms with Crippen LogP contribution in [-0.4, -0.2) is 34.8 Å². The Hall–Kier alpha value is -2.89. The van der Waals surface area contributed by atoms with Crippen molar-refractivity contribution < 1.29 is 9.47 Å². The molecule has 6 heteroatoms. The molecule has 0 bridgehead atoms. The number of tetrazole rings is 1. The number of methoxy groups -OCH3 is 2. The average molecular weight is 296 g/mol. The normalized spacial score (nSPS) is 10.5. The first-order chi connectivity index (χ1) is 10.7. The molecule has 0 aliphatic carbocycles. The second-order valence-electron chi connectivity index (χ2n) is 4.86. The monoisotopic (exact) mass is 296 g/mol. The highest BCUT2D eigenvalue weighted by Crippen LogP contribution is 2.39. The minimum Gasteiger partial charge on any atom is -0.496 e. The first-order valence-electron chi connectivity index (χ1n) is 6.80. The van der Waals surface area contributed by atoms with E-state index in [1.807, 2.05) is 43.3 Å². The van der Waals surface area contributed by atoms with E-state index in [4.69, 9.17) is 9.47 Å². The fraction of sp³-hybridized carbons (Fsp3) is 0.188. The lowest BCUT2D eigenvalue weighted by molar-refractivity contribution is 0.397. The molecule has 6 nitrogen and oxygen atoms in total. The first kappa shape index (κ1) is 14.1. The average Bonchev–Trinajstić information content (AvgIpc) is 3.08. The molecule has 0 radical (unpaired) electrons. The van der Waals surface area contributed by atoms with Gasteiger partial charge >= 0.3 is 0 Å². The lowest BCUT2D eigenvalue weighted by atomic mass is 10.00. The van der Waals surface area contributed by atoms with Gasteiger partial charge in [-0.1, -0.05) is 24.3 Å². The molecule has 112 valence electrons. The van der Waals surface area contributed by atoms with Gasteiger partial charge in [0.2, 0.25) is 5.82 Å². The van der Waals surface area contributed by atoms with Crippen molar-refractivity contribution in [3.05, 3.63) is 42.0 Å². The van der Waals surface area contributed by atoms with Crippen LogP contribution < -0.4 is 9.47 Å². The van der Waals surface area contributed by atoms with Crippen LogP contribution >= 0.6 is 0 Å². The lowest BCUT2D eigenvalue weighted by Gasteiger charge is -2.14. The minimum absolute atomic E-state index is 0.564. The van der Waals surface area contributed by atoms with Gasteiger partial charge in [-0.15, -0.1) is 10.2 Å². The van der Waals surface area contributed by atoms with Gasteiger partial charge in [0.25, 0.3) is 0 Å². The van der Waals surface area contributed by atoms with Crippen molar-refractivity contribution in [2.75, 3.05) is 14.2 Å². The Kier molecular flexibility index (Phi) is 3.74. The number of rotatable bonds is 4. The number of benzene rings is 2. The quantitative estimate of drug-likeness (QED) is 0.801. The molecular weight excluding hydrogens is 280 g/mol. The maximum absolute atomic E-state index is 5.51. The molecule has 0 amide bonds. The molecule has 0 saturated carbocycles. The molecule has 1 aromatic heterocycles. The van der Waals surface area contributed by atoms with Gasteiger partial charge in [0.15, 0.2) is 0 Å². The predicted molar refractivity (Wildman–Crippen MR) is 82.9 cm³/mol. The molecule has 0 spiro atoms. The lowest BCUT2D eigenvalue weighted by Crippen LogP contribution is -1.94. The summed E-state index contributed by atoms with van der Waals surface area (Å²) in [6.07, 6.45) is 0. The van der Waals surface area contributed by atoms with E-state index >= 15 is 0 Å². The van der Waals surface area contributed by atoms with Crippen molar-refractivity contribution in [1.82, 2.24) is 20.6 Å². The maximum atomic E-state index is 5.51. The zero-order chi connectivity index (χ0) is 15.5. The van der Waals surface area contributed by atoms with Crippen LogP contribution in [0.5, 0.6) is 11.5 Å². The van der Waals surface area contributed by atoms with Crippen molar-refractivity contribution >= 4 is 0 Å². The predicted octanol–water partition coefficient (Wildman–Crippen LogP) is 2.86. The summed E-state index contributed by atoms with van der Waals surface area (Å²) in [5.74, 6) is 2.13. The van der Waals surface area contributed by atoms with E-state index in [1.54, 1.807) is 14.2 Å². The fourth-order valence-electron chi connectivity index (χ4n) is 2.40. The summed E-state index contributed by atoms with van der Waals surface area (Å²) in [5.41, 5.74) is 3.90. The van der Waals surface area contributed by atoms with Crippen molar-refractivity contribution in [3.8, 4) is 34.0 Å². The number of ether oxygens (including phenoxy) is 2. The van der Waals surface area contributed by atoms with Crippen LogP contribution in [0.15, 0.2) is 36.4 Å². The summed E-state index contributed by atoms with van der Waals surface area (Å²) in [4.78, 5) is 0. The highest BCUT2D eigenvalue weighted by Gasteiger charge is 2.14. The van der Waals surface area contributed by atoms with E-state index in [-0.39, 0.29) is 0 Å². The summed E-state index contributed by atoms with van der Waals surface area (Å²) >= 11 is 0. The van der Waals surface area contributed by atoms with Crippen LogP contribution in [0.4, 0.5) is 0 Å². The van der Waals surface area contributed by atoms with Gasteiger partial charge in [0.1, 0.15) is 11.5 Å². The Labute approximate surface area is 128 Å². The van der Waals surface area contributed by atoms with E-state index in [0.717, 1.165) is 33.8 Å². The Morgan fingerprint density at radius 3 is 2.00 bits per heavy atom. The Morgan fingerprint density at radius 2 is 1.50 bits per heavy atom. The molecule has 0 aliphatic rings. The standard InChI is InChI=1S/C16H16N4O2/c1-10-8-13(21-2)15(14(9-10)22-3)11-4-6-12(7-5-11)16-17-19-20-18-16/h4-9H,1-3H3,(H,17,18,19,20). The fourth-order valence-corrected chi connectivity index (χ4v) is 2.40. The van der Waals surface area contributed by atoms with E-state index in [1.165, 1.54) is 0 Å². The molecule has 1 heterocycles. The second kappa shape index (κ2) is 5.85. The molecule has 3 aromatic rings. The zero-order valence-electron chi connectivity index (χ0n) is 12.6. The SMILES string of the molecule is COc1cc(C)cc(OC)c1-c1ccc(-c2nn[nH]n2)cc1. The van der Waals surface area contributed by atoms with Gasteiger partial charge in [-0.25, -0.2) is 0 Å². The topological polar surface area (TPSA) is 72.9 Å². The van der Waals surface area contributed by atoms with E-state index < -0.39 is 0 Å². The molecule has 0 unspecified atom stereocenters. The molecule has 0 aliphatic heterocycles. The molecule has 2 aromatic carbocycles. The second-order valence-corrected chi connectivity index (χ2v) is 4.86. The van der Waals surface area contributed by atoms with Crippen molar-refractivity contribution in [3.63, 3.8) is 0 Å². The zero-order valence-corrected chi connectivity index (χ0v) is 12.6. The van der Waals surface area contributed by atoms with Crippen molar-refractivity contribution in [2.45, 2.75) is 6.92 Å². The van der Waals surface area contributed by atoms with Crippen LogP contribution in [0.25, 0.3) is 22.5 Å². The van der Waals surface area contributed by atoms with Crippen molar-refractivity contribution in [1.29, 1.82) is 0 Å². The minimum atomic E-state index is 0.564. The third kappa shape index (κ3) is 2.50. The number of nitrogens with one attached hydrogen (secondary N) is 1. The largest absolute Gasteiger partial charge is 0.496 e. The van der Waals surface area contributed by atoms with Crippen LogP contribution in [-0.2, 0) is 0 Å². The number of hydrogen-bond donors (Lipinski definition) is 1. The number of nitrogens with zero attached hydrogens (tertiary/aromatic N) is 3. The van der Waals surface area contributed by atoms with Crippen LogP contribution in [0.2, 0.25) is 0 Å². The van der Waals surface area contributed by atoms with Crippen LogP contribution in [0.3, 0.4) is 0 Å². The third-order valence-electron chi connectivity index (χ3n) is 3.43. The summed E-state index contributed by atoms with van der Waals surface area (Å²) in [7, 11) is 3.32. The molecule has 1 N–H and O–H groups in total. The Balaban J connectivity index is 2.07. The summed E-state index contributed by atoms with van der Waals surface area (Å²) in [6.45, 7) is 2.01. The highest BCUT2D eigenvalue weighted by molar-refractivity contribution is 5.78. The third-order valence-corrected chi connectivity index (χ3v) is 3.43. The molecule has 0 fully saturated rings. The summed E-state index contributed by atoms with van der Waals surface area (Å²) < 4.78 is 11.0.